The highest BCUT2D eigenvalue weighted by molar-refractivity contribution is 6.10. The highest BCUT2D eigenvalue weighted by Gasteiger charge is 2.32. The monoisotopic (exact) mass is 227 g/mol. The number of ketones is 1. The summed E-state index contributed by atoms with van der Waals surface area (Å²) in [4.78, 5) is 16.2. The van der Waals surface area contributed by atoms with Gasteiger partial charge < -0.3 is 5.11 Å². The topological polar surface area (TPSA) is 50.2 Å². The van der Waals surface area contributed by atoms with E-state index in [2.05, 4.69) is 4.98 Å². The fourth-order valence-corrected chi connectivity index (χ4v) is 2.64. The number of hydrogen-bond donors (Lipinski definition) is 1. The van der Waals surface area contributed by atoms with Crippen LogP contribution < -0.4 is 0 Å². The molecule has 0 saturated carbocycles. The molecule has 0 radical (unpaired) electrons. The number of rotatable bonds is 1. The number of Topliss-reactive ketones (excluding diaryl/α,β-unsaturated/α-hetero) is 1. The number of hydrogen-bond acceptors (Lipinski definition) is 3. The first-order valence-electron chi connectivity index (χ1n) is 5.86. The fraction of sp³-hybridized carbons (Fsp3) is 0.286. The summed E-state index contributed by atoms with van der Waals surface area (Å²) in [5.41, 5.74) is 3.44. The van der Waals surface area contributed by atoms with Crippen LogP contribution in [0.1, 0.15) is 31.4 Å². The van der Waals surface area contributed by atoms with Crippen LogP contribution >= 0.6 is 0 Å². The van der Waals surface area contributed by atoms with Crippen LogP contribution in [0.3, 0.4) is 0 Å². The van der Waals surface area contributed by atoms with E-state index in [1.165, 1.54) is 0 Å². The molecule has 0 fully saturated rings. The summed E-state index contributed by atoms with van der Waals surface area (Å²) < 4.78 is 0. The Balaban J connectivity index is 2.18. The first kappa shape index (κ1) is 10.3. The molecule has 86 valence electrons. The van der Waals surface area contributed by atoms with Gasteiger partial charge >= 0.3 is 0 Å². The maximum absolute atomic E-state index is 11.9. The van der Waals surface area contributed by atoms with E-state index in [1.807, 2.05) is 18.2 Å². The Hall–Kier alpha value is -1.90. The Morgan fingerprint density at radius 3 is 2.76 bits per heavy atom. The van der Waals surface area contributed by atoms with Crippen molar-refractivity contribution in [3.63, 3.8) is 0 Å². The average Bonchev–Trinajstić information content (AvgIpc) is 2.66. The second kappa shape index (κ2) is 3.84. The third kappa shape index (κ3) is 1.58. The zero-order chi connectivity index (χ0) is 11.8. The molecule has 1 aromatic heterocycles. The van der Waals surface area contributed by atoms with E-state index >= 15 is 0 Å². The number of carbonyl (C=O) groups is 1. The number of nitrogens with zero attached hydrogens (tertiary/aromatic N) is 1. The minimum absolute atomic E-state index is 0.0397. The van der Waals surface area contributed by atoms with Gasteiger partial charge in [0, 0.05) is 17.3 Å². The minimum atomic E-state index is 0.0397. The van der Waals surface area contributed by atoms with Crippen molar-refractivity contribution in [1.29, 1.82) is 0 Å². The van der Waals surface area contributed by atoms with E-state index in [0.29, 0.717) is 0 Å². The van der Waals surface area contributed by atoms with Gasteiger partial charge in [0.25, 0.3) is 0 Å². The van der Waals surface area contributed by atoms with Crippen molar-refractivity contribution >= 4 is 11.4 Å². The Morgan fingerprint density at radius 1 is 1.18 bits per heavy atom. The van der Waals surface area contributed by atoms with Crippen LogP contribution in [-0.4, -0.2) is 15.9 Å². The molecule has 1 aromatic rings. The molecule has 1 N–H and O–H groups in total. The van der Waals surface area contributed by atoms with Gasteiger partial charge in [-0.05, 0) is 37.0 Å². The van der Waals surface area contributed by atoms with Gasteiger partial charge in [-0.3, -0.25) is 9.78 Å². The van der Waals surface area contributed by atoms with E-state index in [0.717, 1.165) is 41.7 Å². The standard InChI is InChI=1S/C14H13NO2/c16-12-8-13(17)14-9(4-3-5-10(12)14)11-6-1-2-7-15-11/h1-2,6-7,16H,3-5,8H2. The van der Waals surface area contributed by atoms with Gasteiger partial charge in [-0.2, -0.15) is 0 Å². The molecule has 0 saturated heterocycles. The number of aliphatic hydroxyl groups is 1. The molecule has 3 heteroatoms. The zero-order valence-corrected chi connectivity index (χ0v) is 9.44. The lowest BCUT2D eigenvalue weighted by atomic mass is 9.86. The number of allylic oxidation sites excluding steroid dienone is 4. The van der Waals surface area contributed by atoms with Crippen molar-refractivity contribution in [3.8, 4) is 0 Å². The second-order valence-electron chi connectivity index (χ2n) is 4.45. The molecule has 0 unspecified atom stereocenters. The second-order valence-corrected chi connectivity index (χ2v) is 4.45. The molecule has 0 aliphatic heterocycles. The van der Waals surface area contributed by atoms with Crippen LogP contribution in [-0.2, 0) is 4.79 Å². The number of pyridine rings is 1. The van der Waals surface area contributed by atoms with Crippen LogP contribution in [0.2, 0.25) is 0 Å². The molecule has 2 aliphatic rings. The molecule has 0 amide bonds. The molecule has 17 heavy (non-hydrogen) atoms. The summed E-state index contributed by atoms with van der Waals surface area (Å²) in [6, 6.07) is 5.71. The van der Waals surface area contributed by atoms with E-state index in [9.17, 15) is 9.90 Å². The molecule has 0 bridgehead atoms. The lowest BCUT2D eigenvalue weighted by Crippen LogP contribution is -2.07. The van der Waals surface area contributed by atoms with Crippen molar-refractivity contribution in [2.45, 2.75) is 25.7 Å². The van der Waals surface area contributed by atoms with E-state index < -0.39 is 0 Å². The maximum atomic E-state index is 11.9. The van der Waals surface area contributed by atoms with Gasteiger partial charge in [-0.1, -0.05) is 6.07 Å². The maximum Gasteiger partial charge on any atom is 0.171 e. The third-order valence-corrected chi connectivity index (χ3v) is 3.39. The molecular weight excluding hydrogens is 214 g/mol. The Labute approximate surface area is 99.5 Å². The number of fused-ring (bicyclic) bond motifs is 1. The minimum Gasteiger partial charge on any atom is -0.512 e. The first-order valence-corrected chi connectivity index (χ1v) is 5.86. The fourth-order valence-electron chi connectivity index (χ4n) is 2.64. The predicted octanol–water partition coefficient (Wildman–Crippen LogP) is 2.80. The van der Waals surface area contributed by atoms with Crippen molar-refractivity contribution in [1.82, 2.24) is 4.98 Å². The highest BCUT2D eigenvalue weighted by atomic mass is 16.3. The molecule has 0 spiro atoms. The summed E-state index contributed by atoms with van der Waals surface area (Å²) in [6.45, 7) is 0. The number of aliphatic hydroxyl groups excluding tert-OH is 1. The molecule has 1 heterocycles. The third-order valence-electron chi connectivity index (χ3n) is 3.39. The van der Waals surface area contributed by atoms with Gasteiger partial charge in [-0.25, -0.2) is 0 Å². The molecule has 0 atom stereocenters. The predicted molar refractivity (Wildman–Crippen MR) is 64.3 cm³/mol. The smallest absolute Gasteiger partial charge is 0.171 e. The van der Waals surface area contributed by atoms with Gasteiger partial charge in [-0.15, -0.1) is 0 Å². The van der Waals surface area contributed by atoms with Gasteiger partial charge in [0.1, 0.15) is 5.76 Å². The molecule has 3 rings (SSSR count). The highest BCUT2D eigenvalue weighted by Crippen LogP contribution is 2.41. The quantitative estimate of drug-likeness (QED) is 0.802. The Kier molecular flexibility index (Phi) is 2.32. The van der Waals surface area contributed by atoms with E-state index in [4.69, 9.17) is 0 Å². The summed E-state index contributed by atoms with van der Waals surface area (Å²) in [7, 11) is 0. The van der Waals surface area contributed by atoms with Gasteiger partial charge in [0.15, 0.2) is 5.78 Å². The molecular formula is C14H13NO2. The lowest BCUT2D eigenvalue weighted by Gasteiger charge is -2.18. The molecule has 3 nitrogen and oxygen atoms in total. The Morgan fingerprint density at radius 2 is 2.00 bits per heavy atom. The van der Waals surface area contributed by atoms with Gasteiger partial charge in [0.2, 0.25) is 0 Å². The average molecular weight is 227 g/mol. The van der Waals surface area contributed by atoms with Crippen LogP contribution in [0.15, 0.2) is 41.3 Å². The van der Waals surface area contributed by atoms with Crippen LogP contribution in [0.5, 0.6) is 0 Å². The summed E-state index contributed by atoms with van der Waals surface area (Å²) in [5, 5.41) is 9.76. The molecule has 0 aromatic carbocycles. The van der Waals surface area contributed by atoms with Crippen molar-refractivity contribution in [2.75, 3.05) is 0 Å². The Bertz CT molecular complexity index is 541. The van der Waals surface area contributed by atoms with Crippen LogP contribution in [0.4, 0.5) is 0 Å². The largest absolute Gasteiger partial charge is 0.512 e. The summed E-state index contributed by atoms with van der Waals surface area (Å²) in [5.74, 6) is 0.302. The normalized spacial score (nSPS) is 19.9. The SMILES string of the molecule is O=C1CC(O)=C2CCCC(c3ccccn3)=C12. The number of aromatic nitrogens is 1. The summed E-state index contributed by atoms with van der Waals surface area (Å²) >= 11 is 0. The van der Waals surface area contributed by atoms with Crippen molar-refractivity contribution in [3.05, 3.63) is 47.0 Å². The van der Waals surface area contributed by atoms with E-state index in [-0.39, 0.29) is 18.0 Å². The van der Waals surface area contributed by atoms with Crippen molar-refractivity contribution in [2.24, 2.45) is 0 Å². The van der Waals surface area contributed by atoms with Crippen molar-refractivity contribution < 1.29 is 9.90 Å². The van der Waals surface area contributed by atoms with Crippen LogP contribution in [0, 0.1) is 0 Å². The molecule has 2 aliphatic carbocycles. The number of carbonyl (C=O) groups excluding carboxylic acids is 1. The zero-order valence-electron chi connectivity index (χ0n) is 9.44. The lowest BCUT2D eigenvalue weighted by molar-refractivity contribution is -0.114. The summed E-state index contributed by atoms with van der Waals surface area (Å²) in [6.07, 6.45) is 4.56. The van der Waals surface area contributed by atoms with Crippen LogP contribution in [0.25, 0.3) is 5.57 Å². The van der Waals surface area contributed by atoms with Gasteiger partial charge in [0.05, 0.1) is 12.1 Å². The van der Waals surface area contributed by atoms with E-state index in [1.54, 1.807) is 6.20 Å². The first-order chi connectivity index (χ1) is 8.27.